The molecule has 0 rings (SSSR count). The molecular formula is C9H17NO4. The average molecular weight is 206 g/mol. The smallest absolute Gasteiger partial charge is 0.303 e. The molecule has 0 saturated heterocycles. The quantitative estimate of drug-likeness (QED) is 0.417. The molecule has 0 saturated carbocycles. The summed E-state index contributed by atoms with van der Waals surface area (Å²) in [7, 11) is 4.87. The number of ether oxygens (including phenoxy) is 1. The predicted octanol–water partition coefficient (Wildman–Crippen LogP) is -1.24. The van der Waals surface area contributed by atoms with Gasteiger partial charge in [-0.2, -0.15) is 0 Å². The van der Waals surface area contributed by atoms with Crippen LogP contribution < -0.4 is 5.11 Å². The maximum Gasteiger partial charge on any atom is 0.303 e. The minimum atomic E-state index is -3.09. The van der Waals surface area contributed by atoms with E-state index in [0.29, 0.717) is 0 Å². The number of carbonyl (C=O) groups excluding carboxylic acids is 2. The van der Waals surface area contributed by atoms with E-state index in [1.807, 2.05) is 0 Å². The van der Waals surface area contributed by atoms with Crippen molar-refractivity contribution >= 4 is 11.9 Å². The summed E-state index contributed by atoms with van der Waals surface area (Å²) in [6.07, 6.45) is -5.62. The fraction of sp³-hybridized carbons (Fsp3) is 0.778. The molecule has 0 amide bonds. The van der Waals surface area contributed by atoms with Gasteiger partial charge in [-0.3, -0.25) is 4.79 Å². The van der Waals surface area contributed by atoms with Crippen LogP contribution in [0.2, 0.25) is 0 Å². The number of nitrogens with zero attached hydrogens (tertiary/aromatic N) is 1. The van der Waals surface area contributed by atoms with E-state index in [1.54, 1.807) is 21.1 Å². The number of rotatable bonds is 5. The molecule has 5 nitrogen and oxygen atoms in total. The third-order valence-corrected chi connectivity index (χ3v) is 1.13. The number of hydrogen-bond donors (Lipinski definition) is 0. The normalized spacial score (nSPS) is 19.9. The third kappa shape index (κ3) is 7.54. The Bertz CT molecular complexity index is 327. The molecule has 0 fully saturated rings. The van der Waals surface area contributed by atoms with Gasteiger partial charge in [-0.1, -0.05) is 0 Å². The van der Waals surface area contributed by atoms with Crippen molar-refractivity contribution in [3.05, 3.63) is 0 Å². The molecule has 1 unspecified atom stereocenters. The van der Waals surface area contributed by atoms with E-state index < -0.39 is 24.4 Å². The Morgan fingerprint density at radius 2 is 2.07 bits per heavy atom. The summed E-state index contributed by atoms with van der Waals surface area (Å²) in [6.45, 7) is 0.665. The van der Waals surface area contributed by atoms with Crippen LogP contribution in [0.1, 0.15) is 17.4 Å². The summed E-state index contributed by atoms with van der Waals surface area (Å²) < 4.78 is 27.1. The number of likely N-dealkylation sites (N-methyl/N-ethyl adjacent to an activating group) is 1. The first-order valence-corrected chi connectivity index (χ1v) is 4.03. The maximum absolute atomic E-state index is 10.9. The molecule has 0 heterocycles. The molecule has 82 valence electrons. The van der Waals surface area contributed by atoms with Crippen molar-refractivity contribution in [2.45, 2.75) is 19.4 Å². The van der Waals surface area contributed by atoms with E-state index in [1.165, 1.54) is 0 Å². The van der Waals surface area contributed by atoms with E-state index in [2.05, 4.69) is 4.74 Å². The Labute approximate surface area is 88.1 Å². The van der Waals surface area contributed by atoms with Crippen LogP contribution in [-0.2, 0) is 14.3 Å². The highest BCUT2D eigenvalue weighted by atomic mass is 16.5. The first kappa shape index (κ1) is 8.23. The summed E-state index contributed by atoms with van der Waals surface area (Å²) in [4.78, 5) is 21.6. The van der Waals surface area contributed by atoms with Crippen molar-refractivity contribution in [1.29, 1.82) is 0 Å². The highest BCUT2D eigenvalue weighted by Crippen LogP contribution is 2.04. The molecule has 1 atom stereocenters. The van der Waals surface area contributed by atoms with Gasteiger partial charge < -0.3 is 19.1 Å². The number of carboxylic acid groups (broad SMARTS) is 1. The van der Waals surface area contributed by atoms with E-state index in [-0.39, 0.29) is 11.0 Å². The largest absolute Gasteiger partial charge is 0.550 e. The topological polar surface area (TPSA) is 66.4 Å². The number of carbonyl (C=O) groups is 2. The molecule has 0 aliphatic carbocycles. The van der Waals surface area contributed by atoms with Crippen LogP contribution in [0.15, 0.2) is 0 Å². The lowest BCUT2D eigenvalue weighted by Crippen LogP contribution is -2.45. The Morgan fingerprint density at radius 3 is 2.36 bits per heavy atom. The highest BCUT2D eigenvalue weighted by Gasteiger charge is 2.20. The third-order valence-electron chi connectivity index (χ3n) is 1.13. The van der Waals surface area contributed by atoms with Gasteiger partial charge in [-0.25, -0.2) is 0 Å². The molecule has 0 spiro atoms. The molecule has 0 aliphatic rings. The first-order valence-electron chi connectivity index (χ1n) is 5.53. The van der Waals surface area contributed by atoms with Crippen molar-refractivity contribution in [3.63, 3.8) is 0 Å². The van der Waals surface area contributed by atoms with E-state index in [4.69, 9.17) is 4.11 Å². The Hall–Kier alpha value is -1.10. The molecule has 0 aromatic carbocycles. The van der Waals surface area contributed by atoms with Crippen molar-refractivity contribution in [2.75, 3.05) is 27.7 Å². The number of quaternary nitrogens is 1. The summed E-state index contributed by atoms with van der Waals surface area (Å²) >= 11 is 0. The summed E-state index contributed by atoms with van der Waals surface area (Å²) in [5.74, 6) is -3.00. The zero-order valence-electron chi connectivity index (χ0n) is 11.8. The molecule has 5 heteroatoms. The predicted molar refractivity (Wildman–Crippen MR) is 48.1 cm³/mol. The van der Waals surface area contributed by atoms with Crippen LogP contribution in [0.3, 0.4) is 0 Å². The van der Waals surface area contributed by atoms with Gasteiger partial charge >= 0.3 is 5.97 Å². The lowest BCUT2D eigenvalue weighted by atomic mass is 10.2. The summed E-state index contributed by atoms with van der Waals surface area (Å²) in [5.41, 5.74) is 0. The number of aliphatic carboxylic acids is 1. The van der Waals surface area contributed by atoms with Gasteiger partial charge in [-0.05, 0) is 0 Å². The van der Waals surface area contributed by atoms with Gasteiger partial charge in [0.05, 0.1) is 22.5 Å². The lowest BCUT2D eigenvalue weighted by molar-refractivity contribution is -0.873. The monoisotopic (exact) mass is 206 g/mol. The van der Waals surface area contributed by atoms with E-state index in [0.717, 1.165) is 6.92 Å². The Balaban J connectivity index is 5.38. The molecule has 0 aromatic heterocycles. The molecule has 0 radical (unpaired) electrons. The van der Waals surface area contributed by atoms with Crippen molar-refractivity contribution in [2.24, 2.45) is 0 Å². The second-order valence-corrected chi connectivity index (χ2v) is 3.88. The van der Waals surface area contributed by atoms with E-state index >= 15 is 0 Å². The lowest BCUT2D eigenvalue weighted by Gasteiger charge is -2.28. The minimum Gasteiger partial charge on any atom is -0.550 e. The second kappa shape index (κ2) is 4.95. The minimum absolute atomic E-state index is 0.0591. The van der Waals surface area contributed by atoms with Gasteiger partial charge in [0.1, 0.15) is 6.54 Å². The fourth-order valence-corrected chi connectivity index (χ4v) is 0.815. The van der Waals surface area contributed by atoms with Crippen molar-refractivity contribution in [1.82, 2.24) is 0 Å². The molecule has 0 bridgehead atoms. The summed E-state index contributed by atoms with van der Waals surface area (Å²) in [6, 6.07) is 0. The SMILES string of the molecule is [2H]C(C[N+](C)(C)C)(OC(C)=O)C([2H])([2H])C(=O)[O-]. The van der Waals surface area contributed by atoms with E-state index in [9.17, 15) is 14.7 Å². The summed E-state index contributed by atoms with van der Waals surface area (Å²) in [5, 5.41) is 10.7. The van der Waals surface area contributed by atoms with Crippen LogP contribution in [0.4, 0.5) is 0 Å². The van der Waals surface area contributed by atoms with Crippen LogP contribution in [-0.4, -0.2) is 50.2 Å². The van der Waals surface area contributed by atoms with Crippen LogP contribution in [0.25, 0.3) is 0 Å². The Kier molecular flexibility index (Phi) is 2.91. The van der Waals surface area contributed by atoms with Gasteiger partial charge in [0, 0.05) is 22.0 Å². The highest BCUT2D eigenvalue weighted by molar-refractivity contribution is 5.68. The van der Waals surface area contributed by atoms with Gasteiger partial charge in [0.25, 0.3) is 0 Å². The van der Waals surface area contributed by atoms with Crippen molar-refractivity contribution in [3.8, 4) is 0 Å². The standard InChI is InChI=1S/C9H17NO4/c1-7(11)14-8(5-9(12)13)6-10(2,3)4/h8H,5-6H2,1-4H3/i5D2,8D. The van der Waals surface area contributed by atoms with Crippen molar-refractivity contribution < 1.29 is 28.0 Å². The molecule has 14 heavy (non-hydrogen) atoms. The van der Waals surface area contributed by atoms with Gasteiger partial charge in [0.15, 0.2) is 6.08 Å². The molecule has 0 aliphatic heterocycles. The zero-order chi connectivity index (χ0) is 14.1. The number of esters is 1. The fourth-order valence-electron chi connectivity index (χ4n) is 0.815. The second-order valence-electron chi connectivity index (χ2n) is 3.88. The van der Waals surface area contributed by atoms with Gasteiger partial charge in [-0.15, -0.1) is 0 Å². The first-order chi connectivity index (χ1) is 7.32. The average Bonchev–Trinajstić information content (AvgIpc) is 1.97. The maximum atomic E-state index is 10.9. The Morgan fingerprint density at radius 1 is 1.57 bits per heavy atom. The van der Waals surface area contributed by atoms with Gasteiger partial charge in [0.2, 0.25) is 0 Å². The number of carboxylic acids is 1. The molecule has 0 aromatic rings. The molecule has 0 N–H and O–H groups in total. The zero-order valence-corrected chi connectivity index (χ0v) is 8.79. The van der Waals surface area contributed by atoms with Crippen LogP contribution >= 0.6 is 0 Å². The van der Waals surface area contributed by atoms with Crippen LogP contribution in [0.5, 0.6) is 0 Å². The van der Waals surface area contributed by atoms with Crippen LogP contribution in [0, 0.1) is 0 Å². The molecular weight excluding hydrogens is 186 g/mol. The number of hydrogen-bond acceptors (Lipinski definition) is 4.